The lowest BCUT2D eigenvalue weighted by atomic mass is 9.94. The standard InChI is InChI=1S/C22H28N4O4/c1-5-25(6-2)22(29)24(3)13-12-23-14-26-20(27)16-9-7-8-15-18(30-4)11-10-17(19(15)16)21(26)28/h7-11,23H,5-6,12-14H2,1-4H3. The molecular weight excluding hydrogens is 384 g/mol. The Balaban J connectivity index is 1.68. The van der Waals surface area contributed by atoms with Crippen molar-refractivity contribution in [2.24, 2.45) is 0 Å². The first-order chi connectivity index (χ1) is 14.4. The minimum Gasteiger partial charge on any atom is -0.496 e. The molecule has 4 amide bonds. The minimum atomic E-state index is -0.341. The third-order valence-corrected chi connectivity index (χ3v) is 5.43. The molecule has 2 aromatic carbocycles. The molecular formula is C22H28N4O4. The summed E-state index contributed by atoms with van der Waals surface area (Å²) in [7, 11) is 3.30. The number of benzene rings is 2. The van der Waals surface area contributed by atoms with Gasteiger partial charge in [-0.3, -0.25) is 19.8 Å². The van der Waals surface area contributed by atoms with E-state index in [0.717, 1.165) is 5.39 Å². The second-order valence-corrected chi connectivity index (χ2v) is 7.12. The maximum absolute atomic E-state index is 13.0. The van der Waals surface area contributed by atoms with Crippen LogP contribution in [0.4, 0.5) is 4.79 Å². The molecule has 8 heteroatoms. The predicted octanol–water partition coefficient (Wildman–Crippen LogP) is 2.39. The van der Waals surface area contributed by atoms with Crippen molar-refractivity contribution in [1.82, 2.24) is 20.0 Å². The highest BCUT2D eigenvalue weighted by atomic mass is 16.5. The SMILES string of the molecule is CCN(CC)C(=O)N(C)CCNCN1C(=O)c2cccc3c(OC)ccc(c23)C1=O. The van der Waals surface area contributed by atoms with Crippen molar-refractivity contribution in [2.75, 3.05) is 47.0 Å². The molecule has 0 fully saturated rings. The summed E-state index contributed by atoms with van der Waals surface area (Å²) in [5.74, 6) is -0.0541. The number of nitrogens with zero attached hydrogens (tertiary/aromatic N) is 3. The maximum atomic E-state index is 13.0. The third-order valence-electron chi connectivity index (χ3n) is 5.43. The van der Waals surface area contributed by atoms with Crippen LogP contribution in [0, 0.1) is 0 Å². The van der Waals surface area contributed by atoms with Gasteiger partial charge in [0.25, 0.3) is 11.8 Å². The first-order valence-electron chi connectivity index (χ1n) is 10.1. The third kappa shape index (κ3) is 3.82. The van der Waals surface area contributed by atoms with Gasteiger partial charge >= 0.3 is 6.03 Å². The summed E-state index contributed by atoms with van der Waals surface area (Å²) in [5, 5.41) is 4.49. The predicted molar refractivity (Wildman–Crippen MR) is 115 cm³/mol. The van der Waals surface area contributed by atoms with Crippen molar-refractivity contribution >= 4 is 28.6 Å². The molecule has 0 saturated carbocycles. The van der Waals surface area contributed by atoms with Gasteiger partial charge in [0.1, 0.15) is 5.75 Å². The fraction of sp³-hybridized carbons (Fsp3) is 0.409. The zero-order chi connectivity index (χ0) is 21.8. The van der Waals surface area contributed by atoms with Crippen LogP contribution in [0.5, 0.6) is 5.75 Å². The highest BCUT2D eigenvalue weighted by Gasteiger charge is 2.33. The van der Waals surface area contributed by atoms with E-state index in [0.29, 0.717) is 48.4 Å². The average Bonchev–Trinajstić information content (AvgIpc) is 2.76. The van der Waals surface area contributed by atoms with E-state index in [2.05, 4.69) is 5.32 Å². The molecule has 1 N–H and O–H groups in total. The van der Waals surface area contributed by atoms with Crippen molar-refractivity contribution in [3.8, 4) is 5.75 Å². The average molecular weight is 412 g/mol. The molecule has 3 rings (SSSR count). The van der Waals surface area contributed by atoms with Crippen LogP contribution in [0.2, 0.25) is 0 Å². The quantitative estimate of drug-likeness (QED) is 0.532. The number of imide groups is 1. The summed E-state index contributed by atoms with van der Waals surface area (Å²) in [6, 6.07) is 8.76. The molecule has 0 bridgehead atoms. The van der Waals surface area contributed by atoms with Crippen LogP contribution in [0.3, 0.4) is 0 Å². The number of hydrogen-bond acceptors (Lipinski definition) is 5. The Hall–Kier alpha value is -3.13. The number of carbonyl (C=O) groups is 3. The molecule has 1 aliphatic rings. The molecule has 8 nitrogen and oxygen atoms in total. The molecule has 2 aromatic rings. The molecule has 1 heterocycles. The molecule has 0 spiro atoms. The number of hydrogen-bond donors (Lipinski definition) is 1. The number of carbonyl (C=O) groups excluding carboxylic acids is 3. The van der Waals surface area contributed by atoms with Gasteiger partial charge in [0, 0.05) is 55.1 Å². The first-order valence-corrected chi connectivity index (χ1v) is 10.1. The topological polar surface area (TPSA) is 82.2 Å². The largest absolute Gasteiger partial charge is 0.496 e. The van der Waals surface area contributed by atoms with Crippen LogP contribution in [-0.2, 0) is 0 Å². The number of urea groups is 1. The number of ether oxygens (including phenoxy) is 1. The molecule has 160 valence electrons. The van der Waals surface area contributed by atoms with Gasteiger partial charge < -0.3 is 14.5 Å². The second kappa shape index (κ2) is 9.13. The summed E-state index contributed by atoms with van der Waals surface area (Å²) in [6.07, 6.45) is 0. The van der Waals surface area contributed by atoms with E-state index < -0.39 is 0 Å². The first kappa shape index (κ1) is 21.6. The van der Waals surface area contributed by atoms with Crippen LogP contribution in [0.1, 0.15) is 34.6 Å². The maximum Gasteiger partial charge on any atom is 0.319 e. The lowest BCUT2D eigenvalue weighted by Gasteiger charge is -2.29. The normalized spacial score (nSPS) is 13.0. The van der Waals surface area contributed by atoms with Gasteiger partial charge in [-0.15, -0.1) is 0 Å². The molecule has 0 aliphatic carbocycles. The van der Waals surface area contributed by atoms with Gasteiger partial charge in [-0.05, 0) is 32.0 Å². The molecule has 0 atom stereocenters. The Morgan fingerprint density at radius 2 is 1.73 bits per heavy atom. The van der Waals surface area contributed by atoms with E-state index in [1.165, 1.54) is 4.90 Å². The summed E-state index contributed by atoms with van der Waals surface area (Å²) in [4.78, 5) is 42.8. The smallest absolute Gasteiger partial charge is 0.319 e. The van der Waals surface area contributed by atoms with E-state index in [-0.39, 0.29) is 24.5 Å². The van der Waals surface area contributed by atoms with E-state index in [9.17, 15) is 14.4 Å². The number of rotatable bonds is 8. The Morgan fingerprint density at radius 1 is 1.07 bits per heavy atom. The Labute approximate surface area is 176 Å². The van der Waals surface area contributed by atoms with E-state index in [4.69, 9.17) is 4.74 Å². The van der Waals surface area contributed by atoms with Crippen LogP contribution in [0.25, 0.3) is 10.8 Å². The Kier molecular flexibility index (Phi) is 6.56. The minimum absolute atomic E-state index is 0.0403. The van der Waals surface area contributed by atoms with E-state index in [1.807, 2.05) is 19.9 Å². The van der Waals surface area contributed by atoms with Crippen LogP contribution in [0.15, 0.2) is 30.3 Å². The van der Waals surface area contributed by atoms with Crippen molar-refractivity contribution in [3.05, 3.63) is 41.5 Å². The van der Waals surface area contributed by atoms with Crippen molar-refractivity contribution in [3.63, 3.8) is 0 Å². The van der Waals surface area contributed by atoms with Gasteiger partial charge in [0.2, 0.25) is 0 Å². The molecule has 0 saturated heterocycles. The molecule has 1 aliphatic heterocycles. The summed E-state index contributed by atoms with van der Waals surface area (Å²) in [5.41, 5.74) is 0.966. The van der Waals surface area contributed by atoms with Gasteiger partial charge in [-0.1, -0.05) is 12.1 Å². The summed E-state index contributed by atoms with van der Waals surface area (Å²) >= 11 is 0. The van der Waals surface area contributed by atoms with Gasteiger partial charge in [-0.25, -0.2) is 4.79 Å². The monoisotopic (exact) mass is 412 g/mol. The van der Waals surface area contributed by atoms with Crippen molar-refractivity contribution < 1.29 is 19.1 Å². The second-order valence-electron chi connectivity index (χ2n) is 7.12. The number of methoxy groups -OCH3 is 1. The number of nitrogens with one attached hydrogen (secondary N) is 1. The highest BCUT2D eigenvalue weighted by molar-refractivity contribution is 6.26. The zero-order valence-electron chi connectivity index (χ0n) is 17.9. The zero-order valence-corrected chi connectivity index (χ0v) is 17.9. The Bertz CT molecular complexity index is 949. The van der Waals surface area contributed by atoms with Crippen molar-refractivity contribution in [1.29, 1.82) is 0 Å². The summed E-state index contributed by atoms with van der Waals surface area (Å²) < 4.78 is 5.37. The Morgan fingerprint density at radius 3 is 2.37 bits per heavy atom. The molecule has 0 aromatic heterocycles. The fourth-order valence-electron chi connectivity index (χ4n) is 3.71. The van der Waals surface area contributed by atoms with E-state index >= 15 is 0 Å². The lowest BCUT2D eigenvalue weighted by Crippen LogP contribution is -2.48. The number of amides is 4. The van der Waals surface area contributed by atoms with Crippen LogP contribution in [-0.4, -0.2) is 79.6 Å². The van der Waals surface area contributed by atoms with Crippen LogP contribution < -0.4 is 10.1 Å². The van der Waals surface area contributed by atoms with Gasteiger partial charge in [-0.2, -0.15) is 0 Å². The molecule has 0 unspecified atom stereocenters. The molecule has 0 radical (unpaired) electrons. The number of likely N-dealkylation sites (N-methyl/N-ethyl adjacent to an activating group) is 1. The van der Waals surface area contributed by atoms with Gasteiger partial charge in [0.05, 0.1) is 13.8 Å². The van der Waals surface area contributed by atoms with Crippen molar-refractivity contribution in [2.45, 2.75) is 13.8 Å². The summed E-state index contributed by atoms with van der Waals surface area (Å²) in [6.45, 7) is 6.19. The highest BCUT2D eigenvalue weighted by Crippen LogP contribution is 2.35. The molecule has 30 heavy (non-hydrogen) atoms. The van der Waals surface area contributed by atoms with E-state index in [1.54, 1.807) is 48.2 Å². The van der Waals surface area contributed by atoms with Crippen LogP contribution >= 0.6 is 0 Å². The lowest BCUT2D eigenvalue weighted by molar-refractivity contribution is 0.0596. The van der Waals surface area contributed by atoms with Gasteiger partial charge in [0.15, 0.2) is 0 Å². The fourth-order valence-corrected chi connectivity index (χ4v) is 3.71.